The largest absolute Gasteiger partial charge is 0.395 e. The zero-order chi connectivity index (χ0) is 13.8. The first-order valence-corrected chi connectivity index (χ1v) is 6.77. The first-order chi connectivity index (χ1) is 9.11. The molecule has 0 heterocycles. The number of aliphatic hydroxyl groups is 1. The van der Waals surface area contributed by atoms with Gasteiger partial charge in [-0.3, -0.25) is 4.79 Å². The van der Waals surface area contributed by atoms with Gasteiger partial charge in [-0.1, -0.05) is 19.1 Å². The first kappa shape index (κ1) is 14.0. The lowest BCUT2D eigenvalue weighted by atomic mass is 9.97. The molecule has 104 valence electrons. The molecule has 2 rings (SSSR count). The Bertz CT molecular complexity index is 446. The van der Waals surface area contributed by atoms with Gasteiger partial charge in [0.2, 0.25) is 5.91 Å². The second-order valence-electron chi connectivity index (χ2n) is 5.20. The number of benzene rings is 1. The Balaban J connectivity index is 1.97. The van der Waals surface area contributed by atoms with Gasteiger partial charge in [0.05, 0.1) is 6.61 Å². The van der Waals surface area contributed by atoms with Crippen molar-refractivity contribution in [2.75, 3.05) is 13.2 Å². The van der Waals surface area contributed by atoms with Crippen molar-refractivity contribution in [2.24, 2.45) is 0 Å². The highest BCUT2D eigenvalue weighted by Crippen LogP contribution is 2.29. The van der Waals surface area contributed by atoms with E-state index in [9.17, 15) is 9.18 Å². The van der Waals surface area contributed by atoms with Gasteiger partial charge in [-0.15, -0.1) is 0 Å². The number of hydrogen-bond acceptors (Lipinski definition) is 2. The summed E-state index contributed by atoms with van der Waals surface area (Å²) in [5.41, 5.74) is 0.841. The van der Waals surface area contributed by atoms with Gasteiger partial charge in [0, 0.05) is 19.0 Å². The standard InChI is InChI=1S/C15H20FNO2/c1-11(12-3-2-4-13(16)10-12)9-15(19)17(7-8-18)14-5-6-14/h2-4,10-11,14,18H,5-9H2,1H3. The van der Waals surface area contributed by atoms with E-state index in [0.717, 1.165) is 18.4 Å². The maximum absolute atomic E-state index is 13.2. The van der Waals surface area contributed by atoms with Gasteiger partial charge in [-0.2, -0.15) is 0 Å². The molecule has 1 N–H and O–H groups in total. The molecule has 1 aliphatic rings. The lowest BCUT2D eigenvalue weighted by Gasteiger charge is -2.23. The molecule has 1 atom stereocenters. The van der Waals surface area contributed by atoms with E-state index < -0.39 is 0 Å². The van der Waals surface area contributed by atoms with Crippen LogP contribution in [0.5, 0.6) is 0 Å². The Morgan fingerprint density at radius 2 is 2.26 bits per heavy atom. The van der Waals surface area contributed by atoms with E-state index in [0.29, 0.717) is 19.0 Å². The lowest BCUT2D eigenvalue weighted by Crippen LogP contribution is -2.36. The van der Waals surface area contributed by atoms with E-state index in [-0.39, 0.29) is 24.2 Å². The van der Waals surface area contributed by atoms with Crippen LogP contribution in [0.15, 0.2) is 24.3 Å². The third kappa shape index (κ3) is 3.77. The average molecular weight is 265 g/mol. The van der Waals surface area contributed by atoms with Crippen LogP contribution in [0.4, 0.5) is 4.39 Å². The lowest BCUT2D eigenvalue weighted by molar-refractivity contribution is -0.132. The maximum atomic E-state index is 13.2. The molecule has 1 aromatic rings. The van der Waals surface area contributed by atoms with Gasteiger partial charge >= 0.3 is 0 Å². The second-order valence-corrected chi connectivity index (χ2v) is 5.20. The normalized spacial score (nSPS) is 16.2. The van der Waals surface area contributed by atoms with Crippen LogP contribution < -0.4 is 0 Å². The van der Waals surface area contributed by atoms with Crippen LogP contribution in [-0.2, 0) is 4.79 Å². The summed E-state index contributed by atoms with van der Waals surface area (Å²) in [6.45, 7) is 2.33. The smallest absolute Gasteiger partial charge is 0.223 e. The summed E-state index contributed by atoms with van der Waals surface area (Å²) >= 11 is 0. The molecule has 1 aliphatic carbocycles. The zero-order valence-electron chi connectivity index (χ0n) is 11.2. The fourth-order valence-corrected chi connectivity index (χ4v) is 2.32. The SMILES string of the molecule is CC(CC(=O)N(CCO)C1CC1)c1cccc(F)c1. The van der Waals surface area contributed by atoms with E-state index >= 15 is 0 Å². The summed E-state index contributed by atoms with van der Waals surface area (Å²) in [7, 11) is 0. The third-order valence-corrected chi connectivity index (χ3v) is 3.55. The summed E-state index contributed by atoms with van der Waals surface area (Å²) in [5.74, 6) is -0.234. The van der Waals surface area contributed by atoms with Crippen molar-refractivity contribution in [2.45, 2.75) is 38.1 Å². The van der Waals surface area contributed by atoms with Crippen LogP contribution in [-0.4, -0.2) is 35.1 Å². The number of hydrogen-bond donors (Lipinski definition) is 1. The number of halogens is 1. The Hall–Kier alpha value is -1.42. The predicted octanol–water partition coefficient (Wildman–Crippen LogP) is 2.30. The maximum Gasteiger partial charge on any atom is 0.223 e. The van der Waals surface area contributed by atoms with Crippen LogP contribution in [0.25, 0.3) is 0 Å². The molecular formula is C15H20FNO2. The Morgan fingerprint density at radius 1 is 1.53 bits per heavy atom. The van der Waals surface area contributed by atoms with Crippen molar-refractivity contribution in [1.82, 2.24) is 4.90 Å². The molecule has 1 unspecified atom stereocenters. The molecule has 1 fully saturated rings. The minimum absolute atomic E-state index is 0.00339. The van der Waals surface area contributed by atoms with Gasteiger partial charge in [0.1, 0.15) is 5.82 Å². The molecular weight excluding hydrogens is 245 g/mol. The summed E-state index contributed by atoms with van der Waals surface area (Å²) in [6.07, 6.45) is 2.42. The van der Waals surface area contributed by atoms with Gasteiger partial charge < -0.3 is 10.0 Å². The quantitative estimate of drug-likeness (QED) is 0.857. The van der Waals surface area contributed by atoms with Crippen molar-refractivity contribution >= 4 is 5.91 Å². The van der Waals surface area contributed by atoms with E-state index in [1.54, 1.807) is 11.0 Å². The molecule has 1 amide bonds. The highest BCUT2D eigenvalue weighted by molar-refractivity contribution is 5.77. The van der Waals surface area contributed by atoms with Crippen molar-refractivity contribution in [1.29, 1.82) is 0 Å². The van der Waals surface area contributed by atoms with Crippen LogP contribution in [0, 0.1) is 5.82 Å². The monoisotopic (exact) mass is 265 g/mol. The molecule has 0 bridgehead atoms. The number of aliphatic hydroxyl groups excluding tert-OH is 1. The van der Waals surface area contributed by atoms with Gasteiger partial charge in [0.15, 0.2) is 0 Å². The Labute approximate surface area is 113 Å². The third-order valence-electron chi connectivity index (χ3n) is 3.55. The van der Waals surface area contributed by atoms with Crippen molar-refractivity contribution in [3.63, 3.8) is 0 Å². The molecule has 0 saturated heterocycles. The number of rotatable bonds is 6. The summed E-state index contributed by atoms with van der Waals surface area (Å²) in [4.78, 5) is 14.0. The summed E-state index contributed by atoms with van der Waals surface area (Å²) in [6, 6.07) is 6.69. The Kier molecular flexibility index (Phi) is 4.53. The molecule has 0 aliphatic heterocycles. The number of amides is 1. The number of carbonyl (C=O) groups excluding carboxylic acids is 1. The fraction of sp³-hybridized carbons (Fsp3) is 0.533. The molecule has 0 radical (unpaired) electrons. The fourth-order valence-electron chi connectivity index (χ4n) is 2.32. The molecule has 1 aromatic carbocycles. The zero-order valence-corrected chi connectivity index (χ0v) is 11.2. The predicted molar refractivity (Wildman–Crippen MR) is 71.3 cm³/mol. The van der Waals surface area contributed by atoms with Gasteiger partial charge in [0.25, 0.3) is 0 Å². The van der Waals surface area contributed by atoms with Gasteiger partial charge in [-0.05, 0) is 36.5 Å². The highest BCUT2D eigenvalue weighted by atomic mass is 19.1. The highest BCUT2D eigenvalue weighted by Gasteiger charge is 2.32. The number of nitrogens with zero attached hydrogens (tertiary/aromatic N) is 1. The molecule has 4 heteroatoms. The summed E-state index contributed by atoms with van der Waals surface area (Å²) < 4.78 is 13.2. The summed E-state index contributed by atoms with van der Waals surface area (Å²) in [5, 5.41) is 9.01. The van der Waals surface area contributed by atoms with Gasteiger partial charge in [-0.25, -0.2) is 4.39 Å². The topological polar surface area (TPSA) is 40.5 Å². The Morgan fingerprint density at radius 3 is 2.84 bits per heavy atom. The van der Waals surface area contributed by atoms with E-state index in [1.807, 2.05) is 13.0 Å². The molecule has 0 spiro atoms. The van der Waals surface area contributed by atoms with Crippen LogP contribution in [0.2, 0.25) is 0 Å². The molecule has 1 saturated carbocycles. The average Bonchev–Trinajstić information content (AvgIpc) is 3.20. The molecule has 0 aromatic heterocycles. The second kappa shape index (κ2) is 6.15. The van der Waals surface area contributed by atoms with Crippen molar-refractivity contribution in [3.05, 3.63) is 35.6 Å². The van der Waals surface area contributed by atoms with Crippen LogP contribution in [0.1, 0.15) is 37.7 Å². The van der Waals surface area contributed by atoms with E-state index in [1.165, 1.54) is 12.1 Å². The molecule has 19 heavy (non-hydrogen) atoms. The van der Waals surface area contributed by atoms with Crippen molar-refractivity contribution < 1.29 is 14.3 Å². The van der Waals surface area contributed by atoms with E-state index in [2.05, 4.69) is 0 Å². The first-order valence-electron chi connectivity index (χ1n) is 6.77. The number of carbonyl (C=O) groups is 1. The van der Waals surface area contributed by atoms with Crippen LogP contribution >= 0.6 is 0 Å². The van der Waals surface area contributed by atoms with Crippen molar-refractivity contribution in [3.8, 4) is 0 Å². The van der Waals surface area contributed by atoms with E-state index in [4.69, 9.17) is 5.11 Å². The molecule has 3 nitrogen and oxygen atoms in total. The van der Waals surface area contributed by atoms with Crippen LogP contribution in [0.3, 0.4) is 0 Å². The minimum atomic E-state index is -0.272. The minimum Gasteiger partial charge on any atom is -0.395 e.